The zero-order valence-electron chi connectivity index (χ0n) is 7.52. The third-order valence-electron chi connectivity index (χ3n) is 1.88. The van der Waals surface area contributed by atoms with Gasteiger partial charge in [-0.3, -0.25) is 0 Å². The predicted octanol–water partition coefficient (Wildman–Crippen LogP) is 1.31. The minimum absolute atomic E-state index is 0.333. The molecule has 0 aliphatic heterocycles. The molecule has 0 aliphatic rings. The topological polar surface area (TPSA) is 40.7 Å². The molecule has 1 aromatic rings. The average molecular weight is 153 g/mol. The number of imidazole rings is 1. The summed E-state index contributed by atoms with van der Waals surface area (Å²) in [6.45, 7) is 6.12. The highest BCUT2D eigenvalue weighted by Crippen LogP contribution is 2.12. The third-order valence-corrected chi connectivity index (χ3v) is 1.88. The lowest BCUT2D eigenvalue weighted by Gasteiger charge is -2.06. The summed E-state index contributed by atoms with van der Waals surface area (Å²) >= 11 is 0. The van der Waals surface area contributed by atoms with E-state index < -0.39 is 0 Å². The van der Waals surface area contributed by atoms with Gasteiger partial charge in [-0.25, -0.2) is 4.98 Å². The predicted molar refractivity (Wildman–Crippen MR) is 45.5 cm³/mol. The lowest BCUT2D eigenvalue weighted by atomic mass is 10.2. The van der Waals surface area contributed by atoms with Crippen LogP contribution in [0.2, 0.25) is 0 Å². The molecular weight excluding hydrogens is 138 g/mol. The van der Waals surface area contributed by atoms with Crippen LogP contribution < -0.4 is 5.32 Å². The number of nitrogens with zero attached hydrogens (tertiary/aromatic N) is 1. The van der Waals surface area contributed by atoms with Crippen molar-refractivity contribution in [3.05, 3.63) is 17.2 Å². The molecule has 0 spiro atoms. The van der Waals surface area contributed by atoms with Crippen LogP contribution in [0.1, 0.15) is 30.2 Å². The van der Waals surface area contributed by atoms with Crippen LogP contribution in [-0.2, 0) is 0 Å². The molecule has 0 radical (unpaired) electrons. The van der Waals surface area contributed by atoms with Gasteiger partial charge in [0.15, 0.2) is 0 Å². The van der Waals surface area contributed by atoms with Crippen LogP contribution in [0.3, 0.4) is 0 Å². The van der Waals surface area contributed by atoms with Crippen molar-refractivity contribution in [2.24, 2.45) is 0 Å². The van der Waals surface area contributed by atoms with Gasteiger partial charge in [0.2, 0.25) is 0 Å². The van der Waals surface area contributed by atoms with Crippen LogP contribution in [0.15, 0.2) is 0 Å². The highest BCUT2D eigenvalue weighted by atomic mass is 15.0. The Bertz CT molecular complexity index is 239. The largest absolute Gasteiger partial charge is 0.346 e. The van der Waals surface area contributed by atoms with Gasteiger partial charge in [-0.05, 0) is 27.8 Å². The summed E-state index contributed by atoms with van der Waals surface area (Å²) in [5.41, 5.74) is 2.27. The normalized spacial score (nSPS) is 13.5. The van der Waals surface area contributed by atoms with Gasteiger partial charge in [-0.15, -0.1) is 0 Å². The molecule has 0 amide bonds. The molecular formula is C8H15N3. The molecule has 0 saturated heterocycles. The Kier molecular flexibility index (Phi) is 2.29. The Morgan fingerprint density at radius 3 is 2.45 bits per heavy atom. The standard InChI is InChI=1S/C8H15N3/c1-5(9-4)8-6(2)10-7(3)11-8/h5,9H,1-4H3,(H,10,11). The zero-order valence-corrected chi connectivity index (χ0v) is 7.52. The smallest absolute Gasteiger partial charge is 0.103 e. The second kappa shape index (κ2) is 3.05. The van der Waals surface area contributed by atoms with Gasteiger partial charge in [0.25, 0.3) is 0 Å². The minimum atomic E-state index is 0.333. The number of aryl methyl sites for hydroxylation is 2. The molecule has 1 rings (SSSR count). The molecule has 0 aromatic carbocycles. The van der Waals surface area contributed by atoms with Gasteiger partial charge < -0.3 is 10.3 Å². The fraction of sp³-hybridized carbons (Fsp3) is 0.625. The fourth-order valence-electron chi connectivity index (χ4n) is 1.19. The van der Waals surface area contributed by atoms with Crippen molar-refractivity contribution < 1.29 is 0 Å². The quantitative estimate of drug-likeness (QED) is 0.672. The van der Waals surface area contributed by atoms with Crippen LogP contribution in [0.4, 0.5) is 0 Å². The molecule has 1 aromatic heterocycles. The summed E-state index contributed by atoms with van der Waals surface area (Å²) in [5.74, 6) is 0.986. The first-order chi connectivity index (χ1) is 5.15. The summed E-state index contributed by atoms with van der Waals surface area (Å²) in [7, 11) is 1.94. The minimum Gasteiger partial charge on any atom is -0.346 e. The van der Waals surface area contributed by atoms with Gasteiger partial charge in [-0.1, -0.05) is 0 Å². The van der Waals surface area contributed by atoms with E-state index >= 15 is 0 Å². The van der Waals surface area contributed by atoms with Crippen molar-refractivity contribution in [3.63, 3.8) is 0 Å². The third kappa shape index (κ3) is 1.60. The van der Waals surface area contributed by atoms with Crippen LogP contribution in [0.5, 0.6) is 0 Å². The maximum absolute atomic E-state index is 4.36. The lowest BCUT2D eigenvalue weighted by Crippen LogP contribution is -2.13. The summed E-state index contributed by atoms with van der Waals surface area (Å²) in [6, 6.07) is 0.333. The number of nitrogens with one attached hydrogen (secondary N) is 2. The van der Waals surface area contributed by atoms with E-state index in [1.807, 2.05) is 20.9 Å². The average Bonchev–Trinajstić information content (AvgIpc) is 2.28. The zero-order chi connectivity index (χ0) is 8.43. The highest BCUT2D eigenvalue weighted by Gasteiger charge is 2.09. The first-order valence-electron chi connectivity index (χ1n) is 3.85. The van der Waals surface area contributed by atoms with E-state index in [0.717, 1.165) is 17.2 Å². The molecule has 11 heavy (non-hydrogen) atoms. The number of hydrogen-bond acceptors (Lipinski definition) is 2. The molecule has 2 N–H and O–H groups in total. The molecule has 0 fully saturated rings. The molecule has 0 saturated carbocycles. The van der Waals surface area contributed by atoms with Crippen molar-refractivity contribution in [2.75, 3.05) is 7.05 Å². The lowest BCUT2D eigenvalue weighted by molar-refractivity contribution is 0.631. The number of aromatic amines is 1. The van der Waals surface area contributed by atoms with E-state index in [0.29, 0.717) is 6.04 Å². The van der Waals surface area contributed by atoms with Gasteiger partial charge in [0, 0.05) is 11.7 Å². The fourth-order valence-corrected chi connectivity index (χ4v) is 1.19. The maximum Gasteiger partial charge on any atom is 0.103 e. The van der Waals surface area contributed by atoms with E-state index in [1.165, 1.54) is 0 Å². The van der Waals surface area contributed by atoms with E-state index in [2.05, 4.69) is 22.2 Å². The molecule has 1 unspecified atom stereocenters. The van der Waals surface area contributed by atoms with Gasteiger partial charge in [-0.2, -0.15) is 0 Å². The summed E-state index contributed by atoms with van der Waals surface area (Å²) in [5, 5.41) is 3.15. The molecule has 1 heterocycles. The van der Waals surface area contributed by atoms with Gasteiger partial charge in [0.05, 0.1) is 5.69 Å². The van der Waals surface area contributed by atoms with Crippen LogP contribution in [0.25, 0.3) is 0 Å². The molecule has 3 heteroatoms. The van der Waals surface area contributed by atoms with Gasteiger partial charge >= 0.3 is 0 Å². The summed E-state index contributed by atoms with van der Waals surface area (Å²) in [6.07, 6.45) is 0. The highest BCUT2D eigenvalue weighted by molar-refractivity contribution is 5.15. The summed E-state index contributed by atoms with van der Waals surface area (Å²) in [4.78, 5) is 7.53. The monoisotopic (exact) mass is 153 g/mol. The molecule has 0 bridgehead atoms. The van der Waals surface area contributed by atoms with E-state index in [4.69, 9.17) is 0 Å². The van der Waals surface area contributed by atoms with Crippen molar-refractivity contribution >= 4 is 0 Å². The molecule has 3 nitrogen and oxygen atoms in total. The van der Waals surface area contributed by atoms with Crippen molar-refractivity contribution in [2.45, 2.75) is 26.8 Å². The maximum atomic E-state index is 4.36. The SMILES string of the molecule is CNC(C)c1nc(C)[nH]c1C. The van der Waals surface area contributed by atoms with E-state index in [1.54, 1.807) is 0 Å². The molecule has 0 aliphatic carbocycles. The number of aromatic nitrogens is 2. The van der Waals surface area contributed by atoms with Crippen LogP contribution in [-0.4, -0.2) is 17.0 Å². The molecule has 62 valence electrons. The Labute approximate surface area is 67.2 Å². The second-order valence-electron chi connectivity index (χ2n) is 2.84. The Balaban J connectivity index is 2.93. The number of H-pyrrole nitrogens is 1. The van der Waals surface area contributed by atoms with E-state index in [-0.39, 0.29) is 0 Å². The van der Waals surface area contributed by atoms with Crippen molar-refractivity contribution in [1.82, 2.24) is 15.3 Å². The first kappa shape index (κ1) is 8.27. The first-order valence-corrected chi connectivity index (χ1v) is 3.85. The van der Waals surface area contributed by atoms with Crippen molar-refractivity contribution in [1.29, 1.82) is 0 Å². The Morgan fingerprint density at radius 2 is 2.09 bits per heavy atom. The van der Waals surface area contributed by atoms with E-state index in [9.17, 15) is 0 Å². The Hall–Kier alpha value is -0.830. The number of rotatable bonds is 2. The van der Waals surface area contributed by atoms with Crippen LogP contribution >= 0.6 is 0 Å². The second-order valence-corrected chi connectivity index (χ2v) is 2.84. The summed E-state index contributed by atoms with van der Waals surface area (Å²) < 4.78 is 0. The van der Waals surface area contributed by atoms with Crippen LogP contribution in [0, 0.1) is 13.8 Å². The number of hydrogen-bond donors (Lipinski definition) is 2. The Morgan fingerprint density at radius 1 is 1.45 bits per heavy atom. The van der Waals surface area contributed by atoms with Gasteiger partial charge in [0.1, 0.15) is 5.82 Å². The molecule has 1 atom stereocenters. The van der Waals surface area contributed by atoms with Crippen molar-refractivity contribution in [3.8, 4) is 0 Å².